The minimum atomic E-state index is -1.82. The number of amides is 1. The van der Waals surface area contributed by atoms with E-state index < -0.39 is 29.7 Å². The highest BCUT2D eigenvalue weighted by molar-refractivity contribution is 6.46. The molecule has 1 amide bonds. The molecule has 3 N–H and O–H groups in total. The number of carboxylic acids is 2. The first-order valence-corrected chi connectivity index (χ1v) is 13.2. The zero-order chi connectivity index (χ0) is 30.9. The number of aryl methyl sites for hydroxylation is 1. The highest BCUT2D eigenvalue weighted by Crippen LogP contribution is 2.40. The number of aliphatic hydroxyl groups is 1. The van der Waals surface area contributed by atoms with Crippen molar-refractivity contribution in [3.05, 3.63) is 64.7 Å². The molecule has 1 saturated heterocycles. The van der Waals surface area contributed by atoms with E-state index in [1.165, 1.54) is 0 Å². The number of aliphatic hydroxyl groups excluding tert-OH is 1. The number of ether oxygens (including phenoxy) is 1. The molecule has 0 bridgehead atoms. The van der Waals surface area contributed by atoms with Crippen LogP contribution in [0.15, 0.2) is 48.0 Å². The number of carbonyl (C=O) groups excluding carboxylic acids is 2. The molecule has 222 valence electrons. The maximum Gasteiger partial charge on any atom is 0.414 e. The Bertz CT molecular complexity index is 1270. The van der Waals surface area contributed by atoms with Crippen LogP contribution in [0.5, 0.6) is 5.75 Å². The summed E-state index contributed by atoms with van der Waals surface area (Å²) in [6.45, 7) is 5.71. The van der Waals surface area contributed by atoms with Crippen molar-refractivity contribution in [1.29, 1.82) is 0 Å². The fraction of sp³-hybridized carbons (Fsp3) is 0.400. The van der Waals surface area contributed by atoms with Gasteiger partial charge in [0.05, 0.1) is 18.2 Å². The number of carbonyl (C=O) groups is 4. The third-order valence-corrected chi connectivity index (χ3v) is 6.38. The van der Waals surface area contributed by atoms with Crippen LogP contribution in [-0.2, 0) is 19.2 Å². The van der Waals surface area contributed by atoms with Crippen molar-refractivity contribution in [2.75, 3.05) is 52.8 Å². The number of nitrogens with zero attached hydrogens (tertiary/aromatic N) is 3. The van der Waals surface area contributed by atoms with E-state index in [1.807, 2.05) is 82.2 Å². The number of ketones is 1. The van der Waals surface area contributed by atoms with Gasteiger partial charge in [-0.25, -0.2) is 9.59 Å². The molecule has 1 fully saturated rings. The van der Waals surface area contributed by atoms with Crippen LogP contribution in [-0.4, -0.2) is 96.6 Å². The lowest BCUT2D eigenvalue weighted by Gasteiger charge is -2.26. The lowest BCUT2D eigenvalue weighted by Crippen LogP contribution is -2.32. The first-order valence-electron chi connectivity index (χ1n) is 13.2. The minimum absolute atomic E-state index is 0.128. The molecular weight excluding hydrogens is 530 g/mol. The Morgan fingerprint density at radius 3 is 2.05 bits per heavy atom. The third-order valence-electron chi connectivity index (χ3n) is 6.38. The molecule has 1 aliphatic heterocycles. The number of carboxylic acid groups (broad SMARTS) is 2. The summed E-state index contributed by atoms with van der Waals surface area (Å²) in [6, 6.07) is 12.5. The highest BCUT2D eigenvalue weighted by atomic mass is 16.5. The zero-order valence-corrected chi connectivity index (χ0v) is 24.4. The van der Waals surface area contributed by atoms with E-state index in [9.17, 15) is 14.7 Å². The largest absolute Gasteiger partial charge is 0.507 e. The monoisotopic (exact) mass is 569 g/mol. The summed E-state index contributed by atoms with van der Waals surface area (Å²) in [5.41, 5.74) is 3.23. The quantitative estimate of drug-likeness (QED) is 0.221. The zero-order valence-electron chi connectivity index (χ0n) is 24.4. The second-order valence-electron chi connectivity index (χ2n) is 10.1. The van der Waals surface area contributed by atoms with Crippen molar-refractivity contribution in [3.8, 4) is 5.75 Å². The minimum Gasteiger partial charge on any atom is -0.507 e. The van der Waals surface area contributed by atoms with Gasteiger partial charge in [0.1, 0.15) is 11.5 Å². The molecule has 0 spiro atoms. The lowest BCUT2D eigenvalue weighted by atomic mass is 9.93. The molecule has 11 nitrogen and oxygen atoms in total. The second-order valence-corrected chi connectivity index (χ2v) is 10.1. The topological polar surface area (TPSA) is 148 Å². The molecule has 0 radical (unpaired) electrons. The molecule has 1 heterocycles. The fourth-order valence-corrected chi connectivity index (χ4v) is 4.33. The van der Waals surface area contributed by atoms with Gasteiger partial charge in [-0.1, -0.05) is 19.1 Å². The standard InChI is InChI=1S/C28H37N3O4.C2H2O4/c1-7-17-35-22-13-14-23(19(2)18-22)26(32)24-25(20-9-11-21(12-10-20)30(5)6)31(28(34)27(24)33)16-8-15-29(3)4;3-1(4)2(5)6/h9-14,18,25,32H,7-8,15-17H2,1-6H3;(H,3,4)(H,5,6)/b26-24+;. The first-order chi connectivity index (χ1) is 19.3. The van der Waals surface area contributed by atoms with Crippen molar-refractivity contribution in [2.45, 2.75) is 32.7 Å². The van der Waals surface area contributed by atoms with Crippen LogP contribution in [0.4, 0.5) is 5.69 Å². The molecule has 0 aromatic heterocycles. The van der Waals surface area contributed by atoms with Gasteiger partial charge in [0.2, 0.25) is 0 Å². The average Bonchev–Trinajstić information content (AvgIpc) is 3.16. The molecular formula is C30H39N3O8. The van der Waals surface area contributed by atoms with Crippen molar-refractivity contribution in [2.24, 2.45) is 0 Å². The van der Waals surface area contributed by atoms with Gasteiger partial charge in [0, 0.05) is 31.9 Å². The predicted octanol–water partition coefficient (Wildman–Crippen LogP) is 3.38. The Morgan fingerprint density at radius 1 is 0.951 bits per heavy atom. The molecule has 1 aliphatic rings. The summed E-state index contributed by atoms with van der Waals surface area (Å²) in [6.07, 6.45) is 1.61. The summed E-state index contributed by atoms with van der Waals surface area (Å²) in [5, 5.41) is 26.2. The molecule has 1 unspecified atom stereocenters. The Kier molecular flexibility index (Phi) is 11.9. The van der Waals surface area contributed by atoms with Gasteiger partial charge in [0.25, 0.3) is 11.7 Å². The first kappa shape index (κ1) is 32.8. The predicted molar refractivity (Wildman–Crippen MR) is 155 cm³/mol. The molecule has 2 aromatic carbocycles. The van der Waals surface area contributed by atoms with Crippen molar-refractivity contribution >= 4 is 35.1 Å². The van der Waals surface area contributed by atoms with Gasteiger partial charge in [-0.2, -0.15) is 0 Å². The van der Waals surface area contributed by atoms with Gasteiger partial charge >= 0.3 is 11.9 Å². The molecule has 0 saturated carbocycles. The van der Waals surface area contributed by atoms with E-state index in [-0.39, 0.29) is 11.3 Å². The summed E-state index contributed by atoms with van der Waals surface area (Å²) >= 11 is 0. The molecule has 0 aliphatic carbocycles. The third kappa shape index (κ3) is 8.55. The van der Waals surface area contributed by atoms with Crippen LogP contribution in [0, 0.1) is 6.92 Å². The number of aliphatic carboxylic acids is 2. The molecule has 1 atom stereocenters. The maximum absolute atomic E-state index is 13.3. The van der Waals surface area contributed by atoms with Crippen molar-refractivity contribution in [3.63, 3.8) is 0 Å². The summed E-state index contributed by atoms with van der Waals surface area (Å²) in [4.78, 5) is 50.2. The number of hydrogen-bond donors (Lipinski definition) is 3. The van der Waals surface area contributed by atoms with Gasteiger partial charge < -0.3 is 34.8 Å². The van der Waals surface area contributed by atoms with Gasteiger partial charge in [-0.3, -0.25) is 9.59 Å². The van der Waals surface area contributed by atoms with Crippen LogP contribution >= 0.6 is 0 Å². The van der Waals surface area contributed by atoms with Crippen LogP contribution in [0.25, 0.3) is 5.76 Å². The summed E-state index contributed by atoms with van der Waals surface area (Å²) in [7, 11) is 7.86. The van der Waals surface area contributed by atoms with E-state index in [2.05, 4.69) is 0 Å². The number of hydrogen-bond acceptors (Lipinski definition) is 8. The van der Waals surface area contributed by atoms with Crippen molar-refractivity contribution in [1.82, 2.24) is 9.80 Å². The Hall–Kier alpha value is -4.38. The van der Waals surface area contributed by atoms with E-state index in [4.69, 9.17) is 24.5 Å². The molecule has 41 heavy (non-hydrogen) atoms. The summed E-state index contributed by atoms with van der Waals surface area (Å²) < 4.78 is 5.70. The number of rotatable bonds is 10. The maximum atomic E-state index is 13.3. The van der Waals surface area contributed by atoms with Gasteiger partial charge in [-0.15, -0.1) is 0 Å². The van der Waals surface area contributed by atoms with E-state index in [0.717, 1.165) is 36.2 Å². The number of likely N-dealkylation sites (tertiary alicyclic amines) is 1. The van der Waals surface area contributed by atoms with E-state index >= 15 is 0 Å². The second kappa shape index (κ2) is 14.8. The summed E-state index contributed by atoms with van der Waals surface area (Å²) in [5.74, 6) is -4.32. The lowest BCUT2D eigenvalue weighted by molar-refractivity contribution is -0.159. The number of Topliss-reactive ketones (excluding diaryl/α,β-unsaturated/α-hetero) is 1. The highest BCUT2D eigenvalue weighted by Gasteiger charge is 2.45. The smallest absolute Gasteiger partial charge is 0.414 e. The van der Waals surface area contributed by atoms with E-state index in [1.54, 1.807) is 17.0 Å². The van der Waals surface area contributed by atoms with Crippen LogP contribution in [0.2, 0.25) is 0 Å². The number of anilines is 1. The van der Waals surface area contributed by atoms with Crippen LogP contribution < -0.4 is 9.64 Å². The van der Waals surface area contributed by atoms with E-state index in [0.29, 0.717) is 24.5 Å². The number of benzene rings is 2. The Balaban J connectivity index is 0.000000883. The van der Waals surface area contributed by atoms with Gasteiger partial charge in [-0.05, 0) is 81.9 Å². The molecule has 11 heteroatoms. The molecule has 3 rings (SSSR count). The Morgan fingerprint density at radius 2 is 1.56 bits per heavy atom. The fourth-order valence-electron chi connectivity index (χ4n) is 4.33. The van der Waals surface area contributed by atoms with Crippen LogP contribution in [0.1, 0.15) is 42.5 Å². The van der Waals surface area contributed by atoms with Crippen molar-refractivity contribution < 1.29 is 39.2 Å². The normalized spacial score (nSPS) is 15.9. The Labute approximate surface area is 240 Å². The average molecular weight is 570 g/mol. The molecule has 2 aromatic rings. The van der Waals surface area contributed by atoms with Crippen LogP contribution in [0.3, 0.4) is 0 Å². The van der Waals surface area contributed by atoms with Gasteiger partial charge in [0.15, 0.2) is 0 Å². The SMILES string of the molecule is CCCOc1ccc(/C(O)=C2\C(=O)C(=O)N(CCCN(C)C)C2c2ccc(N(C)C)cc2)c(C)c1.O=C(O)C(=O)O.